The predicted molar refractivity (Wildman–Crippen MR) is 97.6 cm³/mol. The molecule has 0 heterocycles. The molecule has 0 aromatic carbocycles. The number of carbonyl (C=O) groups is 3. The van der Waals surface area contributed by atoms with Crippen LogP contribution in [0.15, 0.2) is 36.5 Å². The summed E-state index contributed by atoms with van der Waals surface area (Å²) in [6.07, 6.45) is 0. The highest BCUT2D eigenvalue weighted by molar-refractivity contribution is 5.87. The fraction of sp³-hybridized carbons (Fsp3) is 0.500. The molecule has 9 heteroatoms. The Hall–Kier alpha value is -2.49. The lowest BCUT2D eigenvalue weighted by atomic mass is 10.4. The van der Waals surface area contributed by atoms with Gasteiger partial charge in [0.15, 0.2) is 0 Å². The van der Waals surface area contributed by atoms with Gasteiger partial charge in [0.2, 0.25) is 0 Å². The smallest absolute Gasteiger partial charge is 0.293 e. The second-order valence-electron chi connectivity index (χ2n) is 4.67. The van der Waals surface area contributed by atoms with Crippen molar-refractivity contribution in [2.45, 2.75) is 41.5 Å². The molecule has 0 aliphatic rings. The summed E-state index contributed by atoms with van der Waals surface area (Å²) in [5, 5.41) is 0. The molecule has 27 heavy (non-hydrogen) atoms. The van der Waals surface area contributed by atoms with Crippen molar-refractivity contribution in [1.29, 1.82) is 0 Å². The number of carbonyl (C=O) groups excluding carboxylic acids is 3. The van der Waals surface area contributed by atoms with Crippen molar-refractivity contribution in [3.8, 4) is 0 Å². The van der Waals surface area contributed by atoms with Crippen LogP contribution < -0.4 is 0 Å². The molecular formula is C18H30O9. The highest BCUT2D eigenvalue weighted by atomic mass is 17.2. The molecule has 0 saturated carbocycles. The van der Waals surface area contributed by atoms with Crippen LogP contribution in [-0.2, 0) is 43.7 Å². The molecule has 9 nitrogen and oxygen atoms in total. The fourth-order valence-electron chi connectivity index (χ4n) is 0.551. The molecular weight excluding hydrogens is 360 g/mol. The molecule has 0 rings (SSSR count). The van der Waals surface area contributed by atoms with Crippen LogP contribution >= 0.6 is 0 Å². The Bertz CT molecular complexity index is 424. The Morgan fingerprint density at radius 2 is 0.741 bits per heavy atom. The normalized spacial score (nSPS) is 8.67. The van der Waals surface area contributed by atoms with Crippen LogP contribution in [0.3, 0.4) is 0 Å². The minimum atomic E-state index is -0.517. The Labute approximate surface area is 160 Å². The lowest BCUT2D eigenvalue weighted by Gasteiger charge is -1.97. The van der Waals surface area contributed by atoms with E-state index in [1.807, 2.05) is 0 Å². The van der Waals surface area contributed by atoms with E-state index in [1.54, 1.807) is 41.5 Å². The van der Waals surface area contributed by atoms with E-state index >= 15 is 0 Å². The fourth-order valence-corrected chi connectivity index (χ4v) is 0.551. The van der Waals surface area contributed by atoms with E-state index in [-0.39, 0.29) is 0 Å². The third-order valence-electron chi connectivity index (χ3n) is 1.80. The van der Waals surface area contributed by atoms with Crippen LogP contribution in [0.2, 0.25) is 0 Å². The third kappa shape index (κ3) is 23.5. The minimum absolute atomic E-state index is 0.337. The SMILES string of the molecule is C=C(C)C(=O)OOCC.C=C(C)C(=O)OOCC.C=C(C)C(=O)OOCC. The van der Waals surface area contributed by atoms with E-state index in [4.69, 9.17) is 0 Å². The molecule has 0 aromatic rings. The number of hydrogen-bond acceptors (Lipinski definition) is 9. The molecule has 0 spiro atoms. The summed E-state index contributed by atoms with van der Waals surface area (Å²) in [6.45, 7) is 21.0. The van der Waals surface area contributed by atoms with Crippen molar-refractivity contribution in [1.82, 2.24) is 0 Å². The van der Waals surface area contributed by atoms with E-state index in [2.05, 4.69) is 49.1 Å². The monoisotopic (exact) mass is 390 g/mol. The second kappa shape index (κ2) is 19.8. The molecule has 0 aliphatic heterocycles. The molecule has 0 atom stereocenters. The van der Waals surface area contributed by atoms with E-state index < -0.39 is 17.9 Å². The van der Waals surface area contributed by atoms with Crippen LogP contribution in [0, 0.1) is 0 Å². The second-order valence-corrected chi connectivity index (χ2v) is 4.67. The molecule has 0 bridgehead atoms. The van der Waals surface area contributed by atoms with Gasteiger partial charge in [-0.1, -0.05) is 19.7 Å². The number of hydrogen-bond donors (Lipinski definition) is 0. The topological polar surface area (TPSA) is 107 Å². The average molecular weight is 390 g/mol. The van der Waals surface area contributed by atoms with Gasteiger partial charge in [0.25, 0.3) is 0 Å². The van der Waals surface area contributed by atoms with Gasteiger partial charge in [0.1, 0.15) is 0 Å². The lowest BCUT2D eigenvalue weighted by molar-refractivity contribution is -0.265. The van der Waals surface area contributed by atoms with Crippen molar-refractivity contribution in [2.75, 3.05) is 19.8 Å². The van der Waals surface area contributed by atoms with Gasteiger partial charge >= 0.3 is 17.9 Å². The van der Waals surface area contributed by atoms with Gasteiger partial charge in [-0.3, -0.25) is 14.7 Å². The average Bonchev–Trinajstić information content (AvgIpc) is 2.62. The van der Waals surface area contributed by atoms with E-state index in [0.717, 1.165) is 0 Å². The van der Waals surface area contributed by atoms with Crippen LogP contribution in [0.25, 0.3) is 0 Å². The maximum atomic E-state index is 10.5. The maximum Gasteiger partial charge on any atom is 0.368 e. The van der Waals surface area contributed by atoms with E-state index in [1.165, 1.54) is 0 Å². The zero-order valence-electron chi connectivity index (χ0n) is 16.9. The molecule has 0 aliphatic carbocycles. The molecule has 0 N–H and O–H groups in total. The summed E-state index contributed by atoms with van der Waals surface area (Å²) in [5.74, 6) is -1.55. The minimum Gasteiger partial charge on any atom is -0.293 e. The Kier molecular flexibility index (Phi) is 21.5. The molecule has 0 saturated heterocycles. The maximum absolute atomic E-state index is 10.5. The summed E-state index contributed by atoms with van der Waals surface area (Å²) in [6, 6.07) is 0. The first kappa shape index (κ1) is 29.3. The highest BCUT2D eigenvalue weighted by Gasteiger charge is 2.02. The van der Waals surface area contributed by atoms with Crippen molar-refractivity contribution in [2.24, 2.45) is 0 Å². The molecule has 0 fully saturated rings. The molecule has 0 radical (unpaired) electrons. The van der Waals surface area contributed by atoms with Crippen molar-refractivity contribution < 1.29 is 43.7 Å². The number of rotatable bonds is 9. The van der Waals surface area contributed by atoms with Crippen molar-refractivity contribution in [3.05, 3.63) is 36.5 Å². The van der Waals surface area contributed by atoms with Crippen LogP contribution in [0.5, 0.6) is 0 Å². The predicted octanol–water partition coefficient (Wildman–Crippen LogP) is 3.17. The first-order valence-corrected chi connectivity index (χ1v) is 8.02. The van der Waals surface area contributed by atoms with E-state index in [0.29, 0.717) is 36.5 Å². The van der Waals surface area contributed by atoms with Gasteiger partial charge in [0.05, 0.1) is 19.8 Å². The zero-order chi connectivity index (χ0) is 21.8. The van der Waals surface area contributed by atoms with Gasteiger partial charge in [0, 0.05) is 16.7 Å². The van der Waals surface area contributed by atoms with Crippen molar-refractivity contribution >= 4 is 17.9 Å². The largest absolute Gasteiger partial charge is 0.368 e. The summed E-state index contributed by atoms with van der Waals surface area (Å²) in [5.41, 5.74) is 1.01. The van der Waals surface area contributed by atoms with Crippen LogP contribution in [-0.4, -0.2) is 37.7 Å². The summed E-state index contributed by atoms with van der Waals surface area (Å²) in [4.78, 5) is 57.0. The Balaban J connectivity index is -0.000000320. The van der Waals surface area contributed by atoms with Gasteiger partial charge in [-0.05, 0) is 41.5 Å². The zero-order valence-corrected chi connectivity index (χ0v) is 16.9. The van der Waals surface area contributed by atoms with Gasteiger partial charge < -0.3 is 0 Å². The van der Waals surface area contributed by atoms with Crippen molar-refractivity contribution in [3.63, 3.8) is 0 Å². The standard InChI is InChI=1S/3C6H10O3/c3*1-4-8-9-6(7)5(2)3/h3*2,4H2,1,3H3. The third-order valence-corrected chi connectivity index (χ3v) is 1.80. The van der Waals surface area contributed by atoms with E-state index in [9.17, 15) is 14.4 Å². The van der Waals surface area contributed by atoms with Gasteiger partial charge in [-0.25, -0.2) is 14.4 Å². The first-order chi connectivity index (χ1) is 12.5. The molecule has 0 amide bonds. The van der Waals surface area contributed by atoms with Gasteiger partial charge in [-0.15, -0.1) is 0 Å². The van der Waals surface area contributed by atoms with Crippen LogP contribution in [0.1, 0.15) is 41.5 Å². The molecule has 156 valence electrons. The Morgan fingerprint density at radius 1 is 0.556 bits per heavy atom. The van der Waals surface area contributed by atoms with Crippen LogP contribution in [0.4, 0.5) is 0 Å². The Morgan fingerprint density at radius 3 is 0.852 bits per heavy atom. The molecule has 0 unspecified atom stereocenters. The highest BCUT2D eigenvalue weighted by Crippen LogP contribution is 1.92. The lowest BCUT2D eigenvalue weighted by Crippen LogP contribution is -2.05. The first-order valence-electron chi connectivity index (χ1n) is 8.02. The quantitative estimate of drug-likeness (QED) is 0.333. The summed E-state index contributed by atoms with van der Waals surface area (Å²) < 4.78 is 0. The van der Waals surface area contributed by atoms with Gasteiger partial charge in [-0.2, -0.15) is 14.7 Å². The summed E-state index contributed by atoms with van der Waals surface area (Å²) in [7, 11) is 0. The summed E-state index contributed by atoms with van der Waals surface area (Å²) >= 11 is 0. The molecule has 0 aromatic heterocycles.